The normalized spacial score (nSPS) is 10.8. The summed E-state index contributed by atoms with van der Waals surface area (Å²) in [6.45, 7) is 2.46. The number of hydrogen-bond acceptors (Lipinski definition) is 6. The molecule has 0 bridgehead atoms. The number of unbranched alkanes of at least 4 members (excludes halogenated alkanes) is 1. The van der Waals surface area contributed by atoms with Crippen LogP contribution in [0, 0.1) is 0 Å². The van der Waals surface area contributed by atoms with Crippen LogP contribution in [-0.4, -0.2) is 43.7 Å². The fourth-order valence-electron chi connectivity index (χ4n) is 3.42. The van der Waals surface area contributed by atoms with Crippen LogP contribution in [0.15, 0.2) is 41.2 Å². The summed E-state index contributed by atoms with van der Waals surface area (Å²) < 4.78 is 17.3. The fraction of sp³-hybridized carbons (Fsp3) is 0.375. The Kier molecular flexibility index (Phi) is 7.35. The lowest BCUT2D eigenvalue weighted by atomic mass is 10.0. The van der Waals surface area contributed by atoms with Gasteiger partial charge in [0.05, 0.1) is 31.9 Å². The van der Waals surface area contributed by atoms with Crippen LogP contribution in [0.25, 0.3) is 10.8 Å². The van der Waals surface area contributed by atoms with Crippen LogP contribution >= 0.6 is 0 Å². The minimum absolute atomic E-state index is 0.205. The van der Waals surface area contributed by atoms with Crippen LogP contribution in [0.4, 0.5) is 10.5 Å². The van der Waals surface area contributed by atoms with Crippen molar-refractivity contribution < 1.29 is 19.0 Å². The van der Waals surface area contributed by atoms with Crippen molar-refractivity contribution in [3.05, 3.63) is 58.0 Å². The molecule has 1 heterocycles. The number of rotatable bonds is 8. The molecule has 32 heavy (non-hydrogen) atoms. The molecule has 2 aromatic carbocycles. The van der Waals surface area contributed by atoms with Crippen molar-refractivity contribution in [1.29, 1.82) is 0 Å². The molecule has 0 fully saturated rings. The summed E-state index contributed by atoms with van der Waals surface area (Å²) in [4.78, 5) is 26.3. The molecule has 1 amide bonds. The Morgan fingerprint density at radius 3 is 2.28 bits per heavy atom. The second kappa shape index (κ2) is 10.2. The number of benzene rings is 2. The van der Waals surface area contributed by atoms with E-state index in [4.69, 9.17) is 14.2 Å². The summed E-state index contributed by atoms with van der Waals surface area (Å²) in [7, 11) is 6.41. The second-order valence-corrected chi connectivity index (χ2v) is 7.50. The van der Waals surface area contributed by atoms with E-state index in [0.717, 1.165) is 29.8 Å². The van der Waals surface area contributed by atoms with Gasteiger partial charge < -0.3 is 14.2 Å². The summed E-state index contributed by atoms with van der Waals surface area (Å²) in [5.41, 5.74) is 2.26. The first-order chi connectivity index (χ1) is 15.4. The van der Waals surface area contributed by atoms with Crippen molar-refractivity contribution in [3.8, 4) is 11.5 Å². The number of nitrogens with zero attached hydrogens (tertiary/aromatic N) is 3. The number of anilines is 1. The molecule has 0 unspecified atom stereocenters. The van der Waals surface area contributed by atoms with Gasteiger partial charge in [-0.2, -0.15) is 5.10 Å². The zero-order valence-corrected chi connectivity index (χ0v) is 19.2. The summed E-state index contributed by atoms with van der Waals surface area (Å²) in [6.07, 6.45) is 1.94. The van der Waals surface area contributed by atoms with Crippen LogP contribution in [0.2, 0.25) is 0 Å². The molecule has 0 aliphatic rings. The predicted molar refractivity (Wildman–Crippen MR) is 124 cm³/mol. The lowest BCUT2D eigenvalue weighted by Crippen LogP contribution is -2.27. The first kappa shape index (κ1) is 23.1. The van der Waals surface area contributed by atoms with Gasteiger partial charge in [-0.1, -0.05) is 25.5 Å². The monoisotopic (exact) mass is 439 g/mol. The minimum Gasteiger partial charge on any atom is -0.493 e. The van der Waals surface area contributed by atoms with Crippen LogP contribution in [0.1, 0.15) is 31.0 Å². The zero-order chi connectivity index (χ0) is 23.3. The minimum atomic E-state index is -0.377. The molecule has 0 aliphatic carbocycles. The predicted octanol–water partition coefficient (Wildman–Crippen LogP) is 3.91. The summed E-state index contributed by atoms with van der Waals surface area (Å²) in [5.74, 6) is 1.03. The third-order valence-corrected chi connectivity index (χ3v) is 5.32. The van der Waals surface area contributed by atoms with Crippen molar-refractivity contribution in [1.82, 2.24) is 9.78 Å². The van der Waals surface area contributed by atoms with Gasteiger partial charge in [-0.15, -0.1) is 0 Å². The molecule has 0 spiro atoms. The molecule has 0 N–H and O–H groups in total. The van der Waals surface area contributed by atoms with Crippen molar-refractivity contribution in [2.45, 2.75) is 26.2 Å². The quantitative estimate of drug-likeness (QED) is 0.495. The second-order valence-electron chi connectivity index (χ2n) is 7.50. The highest BCUT2D eigenvalue weighted by Crippen LogP contribution is 2.32. The maximum absolute atomic E-state index is 12.6. The Labute approximate surface area is 187 Å². The van der Waals surface area contributed by atoms with Gasteiger partial charge in [-0.25, -0.2) is 9.48 Å². The van der Waals surface area contributed by atoms with Gasteiger partial charge in [-0.3, -0.25) is 9.69 Å². The maximum Gasteiger partial charge on any atom is 0.414 e. The molecule has 0 saturated heterocycles. The van der Waals surface area contributed by atoms with E-state index in [0.29, 0.717) is 35.3 Å². The van der Waals surface area contributed by atoms with Gasteiger partial charge in [-0.05, 0) is 36.2 Å². The van der Waals surface area contributed by atoms with Crippen molar-refractivity contribution >= 4 is 22.6 Å². The summed E-state index contributed by atoms with van der Waals surface area (Å²) in [6, 6.07) is 11.1. The third-order valence-electron chi connectivity index (χ3n) is 5.32. The van der Waals surface area contributed by atoms with E-state index in [1.54, 1.807) is 33.3 Å². The first-order valence-corrected chi connectivity index (χ1v) is 10.5. The SMILES string of the molecule is CCCCOC(=O)N(C)c1ccc(Cc2nn(C)c(=O)c3cc(OC)c(OC)cc23)cc1. The average Bonchev–Trinajstić information content (AvgIpc) is 2.81. The highest BCUT2D eigenvalue weighted by molar-refractivity contribution is 5.88. The zero-order valence-electron chi connectivity index (χ0n) is 19.2. The Morgan fingerprint density at radius 1 is 1.06 bits per heavy atom. The average molecular weight is 440 g/mol. The van der Waals surface area contributed by atoms with Crippen molar-refractivity contribution in [2.24, 2.45) is 7.05 Å². The smallest absolute Gasteiger partial charge is 0.414 e. The Morgan fingerprint density at radius 2 is 1.69 bits per heavy atom. The molecule has 0 radical (unpaired) electrons. The van der Waals surface area contributed by atoms with Crippen LogP contribution in [0.5, 0.6) is 11.5 Å². The topological polar surface area (TPSA) is 82.9 Å². The summed E-state index contributed by atoms with van der Waals surface area (Å²) >= 11 is 0. The van der Waals surface area contributed by atoms with E-state index < -0.39 is 0 Å². The lowest BCUT2D eigenvalue weighted by Gasteiger charge is -2.17. The largest absolute Gasteiger partial charge is 0.493 e. The van der Waals surface area contributed by atoms with E-state index in [-0.39, 0.29) is 11.7 Å². The van der Waals surface area contributed by atoms with E-state index in [9.17, 15) is 9.59 Å². The van der Waals surface area contributed by atoms with Crippen molar-refractivity contribution in [3.63, 3.8) is 0 Å². The summed E-state index contributed by atoms with van der Waals surface area (Å²) in [5, 5.41) is 5.71. The third kappa shape index (κ3) is 4.85. The van der Waals surface area contributed by atoms with Gasteiger partial charge in [0.1, 0.15) is 0 Å². The number of amides is 1. The highest BCUT2D eigenvalue weighted by Gasteiger charge is 2.16. The fourth-order valence-corrected chi connectivity index (χ4v) is 3.42. The number of aryl methyl sites for hydroxylation is 1. The molecule has 170 valence electrons. The molecule has 3 aromatic rings. The van der Waals surface area contributed by atoms with Gasteiger partial charge in [0, 0.05) is 31.6 Å². The molecular formula is C24H29N3O5. The molecular weight excluding hydrogens is 410 g/mol. The standard InChI is InChI=1S/C24H29N3O5/c1-6-7-12-32-24(29)26(2)17-10-8-16(9-11-17)13-20-18-14-21(30-4)22(31-5)15-19(18)23(28)27(3)25-20/h8-11,14-15H,6-7,12-13H2,1-5H3. The van der Waals surface area contributed by atoms with E-state index >= 15 is 0 Å². The molecule has 0 aliphatic heterocycles. The van der Waals surface area contributed by atoms with Crippen LogP contribution in [0.3, 0.4) is 0 Å². The van der Waals surface area contributed by atoms with E-state index in [1.165, 1.54) is 16.7 Å². The molecule has 0 saturated carbocycles. The van der Waals surface area contributed by atoms with Gasteiger partial charge in [0.25, 0.3) is 5.56 Å². The molecule has 3 rings (SSSR count). The highest BCUT2D eigenvalue weighted by atomic mass is 16.6. The molecule has 1 aromatic heterocycles. The Hall–Kier alpha value is -3.55. The number of fused-ring (bicyclic) bond motifs is 1. The molecule has 8 heteroatoms. The number of carbonyl (C=O) groups is 1. The van der Waals surface area contributed by atoms with Crippen LogP contribution < -0.4 is 19.9 Å². The Bertz CT molecular complexity index is 1150. The number of carbonyl (C=O) groups excluding carboxylic acids is 1. The lowest BCUT2D eigenvalue weighted by molar-refractivity contribution is 0.153. The van der Waals surface area contributed by atoms with Crippen LogP contribution in [-0.2, 0) is 18.2 Å². The van der Waals surface area contributed by atoms with E-state index in [1.807, 2.05) is 31.2 Å². The molecule has 8 nitrogen and oxygen atoms in total. The number of aromatic nitrogens is 2. The van der Waals surface area contributed by atoms with Crippen molar-refractivity contribution in [2.75, 3.05) is 32.8 Å². The van der Waals surface area contributed by atoms with Gasteiger partial charge >= 0.3 is 6.09 Å². The number of ether oxygens (including phenoxy) is 3. The van der Waals surface area contributed by atoms with E-state index in [2.05, 4.69) is 5.10 Å². The van der Waals surface area contributed by atoms with Gasteiger partial charge in [0.2, 0.25) is 0 Å². The Balaban J connectivity index is 1.88. The first-order valence-electron chi connectivity index (χ1n) is 10.5. The number of methoxy groups -OCH3 is 2. The molecule has 0 atom stereocenters. The van der Waals surface area contributed by atoms with Gasteiger partial charge in [0.15, 0.2) is 11.5 Å². The maximum atomic E-state index is 12.6. The number of hydrogen-bond donors (Lipinski definition) is 0.